The minimum atomic E-state index is -0.218. The molecule has 0 unspecified atom stereocenters. The Morgan fingerprint density at radius 2 is 1.57 bits per heavy atom. The van der Waals surface area contributed by atoms with Crippen LogP contribution in [-0.4, -0.2) is 41.3 Å². The van der Waals surface area contributed by atoms with Gasteiger partial charge in [-0.05, 0) is 49.4 Å². The van der Waals surface area contributed by atoms with E-state index < -0.39 is 0 Å². The molecule has 2 heterocycles. The number of ether oxygens (including phenoxy) is 1. The molecule has 0 spiro atoms. The molecule has 4 rings (SSSR count). The summed E-state index contributed by atoms with van der Waals surface area (Å²) in [6, 6.07) is 15.5. The van der Waals surface area contributed by atoms with Crippen molar-refractivity contribution in [3.63, 3.8) is 0 Å². The molecule has 2 aromatic rings. The topological polar surface area (TPSA) is 49.9 Å². The molecule has 0 aromatic heterocycles. The van der Waals surface area contributed by atoms with E-state index in [4.69, 9.17) is 4.74 Å². The Labute approximate surface area is 177 Å². The average molecular weight is 405 g/mol. The van der Waals surface area contributed by atoms with Crippen LogP contribution in [0.25, 0.3) is 5.57 Å². The van der Waals surface area contributed by atoms with Crippen molar-refractivity contribution in [3.8, 4) is 5.75 Å². The maximum absolute atomic E-state index is 13.4. The number of rotatable bonds is 7. The molecule has 0 aliphatic carbocycles. The zero-order valence-corrected chi connectivity index (χ0v) is 17.7. The van der Waals surface area contributed by atoms with Gasteiger partial charge in [-0.1, -0.05) is 48.9 Å². The molecule has 0 atom stereocenters. The van der Waals surface area contributed by atoms with Crippen LogP contribution in [0.4, 0.5) is 0 Å². The van der Waals surface area contributed by atoms with Crippen LogP contribution in [0, 0.1) is 6.92 Å². The van der Waals surface area contributed by atoms with Gasteiger partial charge in [-0.15, -0.1) is 0 Å². The van der Waals surface area contributed by atoms with Gasteiger partial charge in [0.1, 0.15) is 11.4 Å². The molecule has 5 heteroatoms. The Hall–Kier alpha value is -3.08. The smallest absolute Gasteiger partial charge is 0.278 e. The van der Waals surface area contributed by atoms with Crippen LogP contribution in [0.2, 0.25) is 0 Å². The molecule has 2 aliphatic heterocycles. The van der Waals surface area contributed by atoms with Crippen LogP contribution in [0.1, 0.15) is 42.9 Å². The van der Waals surface area contributed by atoms with Gasteiger partial charge < -0.3 is 9.64 Å². The number of nitrogens with zero attached hydrogens (tertiary/aromatic N) is 2. The molecule has 2 amide bonds. The van der Waals surface area contributed by atoms with Crippen molar-refractivity contribution in [1.82, 2.24) is 9.80 Å². The summed E-state index contributed by atoms with van der Waals surface area (Å²) in [5.41, 5.74) is 3.93. The molecular weight excluding hydrogens is 376 g/mol. The van der Waals surface area contributed by atoms with Crippen LogP contribution in [0.5, 0.6) is 5.75 Å². The first kappa shape index (κ1) is 20.2. The van der Waals surface area contributed by atoms with E-state index in [0.717, 1.165) is 54.8 Å². The maximum atomic E-state index is 13.4. The number of aryl methyl sites for hydroxylation is 1. The number of carbonyl (C=O) groups excluding carboxylic acids is 2. The van der Waals surface area contributed by atoms with Crippen molar-refractivity contribution in [1.29, 1.82) is 0 Å². The summed E-state index contributed by atoms with van der Waals surface area (Å²) in [6.45, 7) is 6.66. The fraction of sp³-hybridized carbons (Fsp3) is 0.360. The van der Waals surface area contributed by atoms with Gasteiger partial charge in [0.15, 0.2) is 0 Å². The average Bonchev–Trinajstić information content (AvgIpc) is 3.36. The number of amides is 2. The highest BCUT2D eigenvalue weighted by atomic mass is 16.5. The van der Waals surface area contributed by atoms with E-state index in [9.17, 15) is 9.59 Å². The first-order chi connectivity index (χ1) is 14.6. The van der Waals surface area contributed by atoms with Crippen molar-refractivity contribution < 1.29 is 14.3 Å². The summed E-state index contributed by atoms with van der Waals surface area (Å²) in [6.07, 6.45) is 3.02. The van der Waals surface area contributed by atoms with E-state index in [0.29, 0.717) is 17.9 Å². The van der Waals surface area contributed by atoms with Crippen LogP contribution < -0.4 is 4.74 Å². The number of imide groups is 1. The van der Waals surface area contributed by atoms with Gasteiger partial charge in [-0.25, -0.2) is 0 Å². The van der Waals surface area contributed by atoms with Gasteiger partial charge in [0.05, 0.1) is 18.7 Å². The standard InChI is InChI=1S/C25H28N2O3/c1-3-16-30-21-12-10-20(11-13-21)22-23(26-14-4-5-15-26)25(29)27(24(22)28)17-19-8-6-18(2)7-9-19/h6-13H,3-5,14-17H2,1-2H3. The van der Waals surface area contributed by atoms with Crippen LogP contribution in [-0.2, 0) is 16.1 Å². The highest BCUT2D eigenvalue weighted by molar-refractivity contribution is 6.35. The third-order valence-electron chi connectivity index (χ3n) is 5.64. The van der Waals surface area contributed by atoms with Gasteiger partial charge in [0.2, 0.25) is 0 Å². The predicted octanol–water partition coefficient (Wildman–Crippen LogP) is 4.16. The third kappa shape index (κ3) is 3.97. The quantitative estimate of drug-likeness (QED) is 0.650. The normalized spacial score (nSPS) is 16.7. The molecule has 5 nitrogen and oxygen atoms in total. The number of hydrogen-bond acceptors (Lipinski definition) is 4. The summed E-state index contributed by atoms with van der Waals surface area (Å²) in [4.78, 5) is 30.2. The van der Waals surface area contributed by atoms with E-state index in [1.165, 1.54) is 4.90 Å². The lowest BCUT2D eigenvalue weighted by molar-refractivity contribution is -0.138. The molecule has 0 N–H and O–H groups in total. The van der Waals surface area contributed by atoms with Crippen molar-refractivity contribution >= 4 is 17.4 Å². The van der Waals surface area contributed by atoms with Gasteiger partial charge in [-0.2, -0.15) is 0 Å². The molecular formula is C25H28N2O3. The highest BCUT2D eigenvalue weighted by Gasteiger charge is 2.42. The highest BCUT2D eigenvalue weighted by Crippen LogP contribution is 2.34. The van der Waals surface area contributed by atoms with Crippen molar-refractivity contribution in [2.24, 2.45) is 0 Å². The molecule has 1 saturated heterocycles. The minimum Gasteiger partial charge on any atom is -0.494 e. The van der Waals surface area contributed by atoms with Crippen molar-refractivity contribution in [2.75, 3.05) is 19.7 Å². The molecule has 1 fully saturated rings. The van der Waals surface area contributed by atoms with Crippen molar-refractivity contribution in [3.05, 3.63) is 70.9 Å². The fourth-order valence-corrected chi connectivity index (χ4v) is 4.01. The van der Waals surface area contributed by atoms with E-state index >= 15 is 0 Å². The van der Waals surface area contributed by atoms with Gasteiger partial charge in [0, 0.05) is 13.1 Å². The Bertz CT molecular complexity index is 955. The summed E-state index contributed by atoms with van der Waals surface area (Å²) >= 11 is 0. The molecule has 0 saturated carbocycles. The Morgan fingerprint density at radius 1 is 0.900 bits per heavy atom. The molecule has 30 heavy (non-hydrogen) atoms. The van der Waals surface area contributed by atoms with Gasteiger partial charge in [0.25, 0.3) is 11.8 Å². The summed E-state index contributed by atoms with van der Waals surface area (Å²) in [5.74, 6) is 0.366. The van der Waals surface area contributed by atoms with Crippen LogP contribution in [0.3, 0.4) is 0 Å². The fourth-order valence-electron chi connectivity index (χ4n) is 4.01. The second kappa shape index (κ2) is 8.74. The minimum absolute atomic E-state index is 0.191. The largest absolute Gasteiger partial charge is 0.494 e. The van der Waals surface area contributed by atoms with Gasteiger partial charge in [-0.3, -0.25) is 14.5 Å². The summed E-state index contributed by atoms with van der Waals surface area (Å²) in [7, 11) is 0. The number of likely N-dealkylation sites (tertiary alicyclic amines) is 1. The molecule has 0 radical (unpaired) electrons. The van der Waals surface area contributed by atoms with E-state index in [-0.39, 0.29) is 18.4 Å². The first-order valence-corrected chi connectivity index (χ1v) is 10.7. The molecule has 0 bridgehead atoms. The lowest BCUT2D eigenvalue weighted by atomic mass is 10.0. The van der Waals surface area contributed by atoms with E-state index in [1.54, 1.807) is 0 Å². The zero-order valence-electron chi connectivity index (χ0n) is 17.7. The second-order valence-corrected chi connectivity index (χ2v) is 7.97. The Morgan fingerprint density at radius 3 is 2.20 bits per heavy atom. The second-order valence-electron chi connectivity index (χ2n) is 7.97. The Balaban J connectivity index is 1.66. The molecule has 156 valence electrons. The monoisotopic (exact) mass is 404 g/mol. The summed E-state index contributed by atoms with van der Waals surface area (Å²) in [5, 5.41) is 0. The van der Waals surface area contributed by atoms with E-state index in [2.05, 4.69) is 11.8 Å². The van der Waals surface area contributed by atoms with Crippen molar-refractivity contribution in [2.45, 2.75) is 39.7 Å². The lowest BCUT2D eigenvalue weighted by Crippen LogP contribution is -2.34. The number of hydrogen-bond donors (Lipinski definition) is 0. The van der Waals surface area contributed by atoms with Crippen LogP contribution in [0.15, 0.2) is 54.2 Å². The Kier molecular flexibility index (Phi) is 5.88. The SMILES string of the molecule is CCCOc1ccc(C2=C(N3CCCC3)C(=O)N(Cc3ccc(C)cc3)C2=O)cc1. The lowest BCUT2D eigenvalue weighted by Gasteiger charge is -2.20. The number of carbonyl (C=O) groups is 2. The molecule has 2 aliphatic rings. The predicted molar refractivity (Wildman–Crippen MR) is 117 cm³/mol. The first-order valence-electron chi connectivity index (χ1n) is 10.7. The molecule has 2 aromatic carbocycles. The van der Waals surface area contributed by atoms with Gasteiger partial charge >= 0.3 is 0 Å². The van der Waals surface area contributed by atoms with E-state index in [1.807, 2.05) is 55.5 Å². The maximum Gasteiger partial charge on any atom is 0.278 e. The number of benzene rings is 2. The van der Waals surface area contributed by atoms with Crippen LogP contribution >= 0.6 is 0 Å². The summed E-state index contributed by atoms with van der Waals surface area (Å²) < 4.78 is 5.67. The third-order valence-corrected chi connectivity index (χ3v) is 5.64. The zero-order chi connectivity index (χ0) is 21.1.